The Bertz CT molecular complexity index is 1370. The van der Waals surface area contributed by atoms with Gasteiger partial charge in [0.25, 0.3) is 0 Å². The van der Waals surface area contributed by atoms with E-state index in [0.29, 0.717) is 19.3 Å². The number of ether oxygens (including phenoxy) is 3. The highest BCUT2D eigenvalue weighted by Crippen LogP contribution is 2.16. The first-order chi connectivity index (χ1) is 35.0. The van der Waals surface area contributed by atoms with Crippen LogP contribution in [0.4, 0.5) is 0 Å². The van der Waals surface area contributed by atoms with Crippen LogP contribution in [-0.2, 0) is 28.6 Å². The minimum Gasteiger partial charge on any atom is -0.462 e. The van der Waals surface area contributed by atoms with Crippen LogP contribution in [0.1, 0.15) is 290 Å². The lowest BCUT2D eigenvalue weighted by atomic mass is 10.0. The first-order valence-corrected chi connectivity index (χ1v) is 30.1. The maximum Gasteiger partial charge on any atom is 0.306 e. The summed E-state index contributed by atoms with van der Waals surface area (Å²) in [7, 11) is 0. The zero-order chi connectivity index (χ0) is 51.4. The molecule has 71 heavy (non-hydrogen) atoms. The van der Waals surface area contributed by atoms with Gasteiger partial charge in [-0.05, 0) is 109 Å². The van der Waals surface area contributed by atoms with Gasteiger partial charge in [-0.15, -0.1) is 0 Å². The molecule has 0 saturated carbocycles. The molecule has 0 aromatic heterocycles. The monoisotopic (exact) mass is 989 g/mol. The number of rotatable bonds is 54. The minimum atomic E-state index is -0.804. The van der Waals surface area contributed by atoms with Crippen molar-refractivity contribution in [3.63, 3.8) is 0 Å². The Hall–Kier alpha value is -3.41. The van der Waals surface area contributed by atoms with Crippen molar-refractivity contribution in [3.05, 3.63) is 85.1 Å². The summed E-state index contributed by atoms with van der Waals surface area (Å²) >= 11 is 0. The third-order valence-corrected chi connectivity index (χ3v) is 12.8. The zero-order valence-corrected chi connectivity index (χ0v) is 46.7. The standard InChI is InChI=1S/C65H112O6/c1-4-7-10-13-16-19-22-25-27-28-29-30-31-32-33-34-35-36-38-40-43-46-49-52-55-58-64(67)70-61-62(60-69-63(66)57-54-51-48-45-42-39-24-21-18-15-12-9-6-3)71-65(68)59-56-53-50-47-44-41-37-26-23-20-17-14-11-8-5-2/h8,11-12,15,17,20-21,24,26,28-29,37,44,47,62H,4-7,9-10,13-14,16,18-19,22-23,25,27,30-36,38-43,45-46,48-61H2,1-3H3/b11-8-,15-12-,20-17-,24-21-,29-28-,37-26-,47-44-. The maximum absolute atomic E-state index is 12.8. The number of unbranched alkanes of at least 4 members (excludes halogenated alkanes) is 29. The fraction of sp³-hybridized carbons (Fsp3) is 0.738. The molecule has 0 rings (SSSR count). The van der Waals surface area contributed by atoms with E-state index in [1.807, 2.05) is 0 Å². The van der Waals surface area contributed by atoms with Crippen molar-refractivity contribution in [2.24, 2.45) is 0 Å². The first kappa shape index (κ1) is 67.6. The summed E-state index contributed by atoms with van der Waals surface area (Å²) in [5.41, 5.74) is 0. The molecular formula is C65H112O6. The number of carbonyl (C=O) groups is 3. The van der Waals surface area contributed by atoms with Crippen molar-refractivity contribution in [1.29, 1.82) is 0 Å². The van der Waals surface area contributed by atoms with E-state index in [1.165, 1.54) is 135 Å². The average Bonchev–Trinajstić information content (AvgIpc) is 3.37. The molecule has 0 N–H and O–H groups in total. The molecule has 0 aliphatic carbocycles. The Kier molecular flexibility index (Phi) is 56.3. The Morgan fingerprint density at radius 1 is 0.296 bits per heavy atom. The van der Waals surface area contributed by atoms with Gasteiger partial charge in [0.2, 0.25) is 0 Å². The lowest BCUT2D eigenvalue weighted by molar-refractivity contribution is -0.167. The van der Waals surface area contributed by atoms with Crippen molar-refractivity contribution in [3.8, 4) is 0 Å². The Balaban J connectivity index is 4.31. The molecule has 1 unspecified atom stereocenters. The smallest absolute Gasteiger partial charge is 0.306 e. The molecule has 0 fully saturated rings. The van der Waals surface area contributed by atoms with Crippen LogP contribution in [0.3, 0.4) is 0 Å². The van der Waals surface area contributed by atoms with Gasteiger partial charge in [0, 0.05) is 19.3 Å². The predicted octanol–water partition coefficient (Wildman–Crippen LogP) is 20.3. The van der Waals surface area contributed by atoms with Gasteiger partial charge in [0.1, 0.15) is 13.2 Å². The van der Waals surface area contributed by atoms with E-state index in [2.05, 4.69) is 106 Å². The van der Waals surface area contributed by atoms with Crippen LogP contribution < -0.4 is 0 Å². The van der Waals surface area contributed by atoms with Crippen molar-refractivity contribution >= 4 is 17.9 Å². The Labute approximate surface area is 439 Å². The highest BCUT2D eigenvalue weighted by molar-refractivity contribution is 5.71. The second-order valence-corrected chi connectivity index (χ2v) is 19.9. The summed E-state index contributed by atoms with van der Waals surface area (Å²) in [6, 6.07) is 0. The van der Waals surface area contributed by atoms with Crippen molar-refractivity contribution in [1.82, 2.24) is 0 Å². The van der Waals surface area contributed by atoms with Gasteiger partial charge in [-0.25, -0.2) is 0 Å². The van der Waals surface area contributed by atoms with Gasteiger partial charge in [-0.2, -0.15) is 0 Å². The molecule has 0 amide bonds. The van der Waals surface area contributed by atoms with Gasteiger partial charge in [0.15, 0.2) is 6.10 Å². The Morgan fingerprint density at radius 2 is 0.577 bits per heavy atom. The van der Waals surface area contributed by atoms with Gasteiger partial charge in [-0.3, -0.25) is 14.4 Å². The van der Waals surface area contributed by atoms with E-state index in [1.54, 1.807) is 0 Å². The van der Waals surface area contributed by atoms with Crippen molar-refractivity contribution < 1.29 is 28.6 Å². The highest BCUT2D eigenvalue weighted by atomic mass is 16.6. The molecule has 0 aromatic rings. The molecule has 0 aromatic carbocycles. The summed E-state index contributed by atoms with van der Waals surface area (Å²) < 4.78 is 16.8. The summed E-state index contributed by atoms with van der Waals surface area (Å²) in [6.07, 6.45) is 77.4. The fourth-order valence-corrected chi connectivity index (χ4v) is 8.35. The quantitative estimate of drug-likeness (QED) is 0.0261. The van der Waals surface area contributed by atoms with Crippen molar-refractivity contribution in [2.75, 3.05) is 13.2 Å². The molecule has 408 valence electrons. The molecule has 0 saturated heterocycles. The van der Waals surface area contributed by atoms with Crippen LogP contribution in [0, 0.1) is 0 Å². The molecule has 0 aliphatic heterocycles. The van der Waals surface area contributed by atoms with E-state index in [-0.39, 0.29) is 37.5 Å². The molecule has 0 spiro atoms. The van der Waals surface area contributed by atoms with Crippen LogP contribution in [0.15, 0.2) is 85.1 Å². The largest absolute Gasteiger partial charge is 0.462 e. The number of hydrogen-bond donors (Lipinski definition) is 0. The lowest BCUT2D eigenvalue weighted by Gasteiger charge is -2.18. The van der Waals surface area contributed by atoms with E-state index >= 15 is 0 Å². The summed E-state index contributed by atoms with van der Waals surface area (Å²) in [4.78, 5) is 38.1. The van der Waals surface area contributed by atoms with Crippen LogP contribution in [0.25, 0.3) is 0 Å². The third kappa shape index (κ3) is 57.4. The van der Waals surface area contributed by atoms with Crippen LogP contribution in [0.2, 0.25) is 0 Å². The lowest BCUT2D eigenvalue weighted by Crippen LogP contribution is -2.30. The molecule has 0 radical (unpaired) electrons. The van der Waals surface area contributed by atoms with Crippen LogP contribution in [0.5, 0.6) is 0 Å². The Morgan fingerprint density at radius 3 is 0.958 bits per heavy atom. The molecule has 0 aliphatic rings. The first-order valence-electron chi connectivity index (χ1n) is 30.1. The van der Waals surface area contributed by atoms with Gasteiger partial charge >= 0.3 is 17.9 Å². The van der Waals surface area contributed by atoms with Gasteiger partial charge < -0.3 is 14.2 Å². The van der Waals surface area contributed by atoms with Gasteiger partial charge in [-0.1, -0.05) is 247 Å². The van der Waals surface area contributed by atoms with Crippen LogP contribution >= 0.6 is 0 Å². The second kappa shape index (κ2) is 59.2. The van der Waals surface area contributed by atoms with E-state index in [4.69, 9.17) is 14.2 Å². The SMILES string of the molecule is CC/C=C\C/C=C\C/C=C\C/C=C\CCCCC(=O)OC(COC(=O)CCCCCCC/C=C\C/C=C\CCC)COC(=O)CCCCCCCCCCCCCCC/C=C\CCCCCCCCCC. The van der Waals surface area contributed by atoms with Gasteiger partial charge in [0.05, 0.1) is 0 Å². The minimum absolute atomic E-state index is 0.0972. The molecule has 1 atom stereocenters. The average molecular weight is 990 g/mol. The highest BCUT2D eigenvalue weighted by Gasteiger charge is 2.19. The fourth-order valence-electron chi connectivity index (χ4n) is 8.35. The number of allylic oxidation sites excluding steroid dienone is 14. The van der Waals surface area contributed by atoms with E-state index in [0.717, 1.165) is 109 Å². The number of esters is 3. The molecule has 6 heteroatoms. The summed E-state index contributed by atoms with van der Waals surface area (Å²) in [5.74, 6) is -0.948. The molecule has 0 bridgehead atoms. The maximum atomic E-state index is 12.8. The van der Waals surface area contributed by atoms with Crippen molar-refractivity contribution in [2.45, 2.75) is 297 Å². The molecule has 6 nitrogen and oxygen atoms in total. The predicted molar refractivity (Wildman–Crippen MR) is 307 cm³/mol. The third-order valence-electron chi connectivity index (χ3n) is 12.8. The van der Waals surface area contributed by atoms with E-state index in [9.17, 15) is 14.4 Å². The molecular weight excluding hydrogens is 877 g/mol. The normalized spacial score (nSPS) is 12.7. The number of carbonyl (C=O) groups excluding carboxylic acids is 3. The summed E-state index contributed by atoms with van der Waals surface area (Å²) in [6.45, 7) is 6.43. The summed E-state index contributed by atoms with van der Waals surface area (Å²) in [5, 5.41) is 0. The van der Waals surface area contributed by atoms with Crippen LogP contribution in [-0.4, -0.2) is 37.2 Å². The topological polar surface area (TPSA) is 78.9 Å². The zero-order valence-electron chi connectivity index (χ0n) is 46.7. The number of hydrogen-bond acceptors (Lipinski definition) is 6. The molecule has 0 heterocycles. The van der Waals surface area contributed by atoms with E-state index < -0.39 is 6.10 Å². The second-order valence-electron chi connectivity index (χ2n) is 19.9.